The van der Waals surface area contributed by atoms with E-state index in [1.54, 1.807) is 0 Å². The third kappa shape index (κ3) is 3.81. The summed E-state index contributed by atoms with van der Waals surface area (Å²) in [5.41, 5.74) is 2.45. The summed E-state index contributed by atoms with van der Waals surface area (Å²) in [4.78, 5) is 0. The van der Waals surface area contributed by atoms with E-state index in [1.165, 1.54) is 29.7 Å². The van der Waals surface area contributed by atoms with Gasteiger partial charge in [-0.1, -0.05) is 11.6 Å². The van der Waals surface area contributed by atoms with Crippen LogP contribution < -0.4 is 10.1 Å². The molecule has 0 spiro atoms. The van der Waals surface area contributed by atoms with Gasteiger partial charge in [0.2, 0.25) is 0 Å². The van der Waals surface area contributed by atoms with Crippen molar-refractivity contribution < 1.29 is 4.74 Å². The van der Waals surface area contributed by atoms with Gasteiger partial charge >= 0.3 is 0 Å². The van der Waals surface area contributed by atoms with Crippen LogP contribution in [0.3, 0.4) is 0 Å². The van der Waals surface area contributed by atoms with Crippen molar-refractivity contribution in [3.8, 4) is 5.75 Å². The highest BCUT2D eigenvalue weighted by Gasteiger charge is 2.16. The van der Waals surface area contributed by atoms with Gasteiger partial charge in [-0.2, -0.15) is 11.8 Å². The average Bonchev–Trinajstić information content (AvgIpc) is 2.81. The standard InChI is InChI=1S/C14H20ClNOS/c1-18-7-3-2-5-16-10-12-9-13(15)8-11-4-6-17-14(11)12/h8-9,16H,2-7,10H2,1H3. The van der Waals surface area contributed by atoms with Crippen molar-refractivity contribution in [3.63, 3.8) is 0 Å². The van der Waals surface area contributed by atoms with Crippen molar-refractivity contribution in [3.05, 3.63) is 28.3 Å². The number of ether oxygens (including phenoxy) is 1. The lowest BCUT2D eigenvalue weighted by atomic mass is 10.1. The predicted octanol–water partition coefficient (Wildman–Crippen LogP) is 3.51. The molecule has 0 unspecified atom stereocenters. The molecule has 18 heavy (non-hydrogen) atoms. The Labute approximate surface area is 118 Å². The van der Waals surface area contributed by atoms with Gasteiger partial charge in [0.1, 0.15) is 5.75 Å². The Morgan fingerprint density at radius 1 is 1.39 bits per heavy atom. The third-order valence-corrected chi connectivity index (χ3v) is 4.01. The summed E-state index contributed by atoms with van der Waals surface area (Å²) in [5, 5.41) is 4.29. The van der Waals surface area contributed by atoms with E-state index in [9.17, 15) is 0 Å². The summed E-state index contributed by atoms with van der Waals surface area (Å²) in [6, 6.07) is 4.03. The Morgan fingerprint density at radius 3 is 3.11 bits per heavy atom. The van der Waals surface area contributed by atoms with E-state index >= 15 is 0 Å². The number of rotatable bonds is 7. The Bertz CT molecular complexity index is 398. The van der Waals surface area contributed by atoms with Gasteiger partial charge in [0, 0.05) is 23.6 Å². The van der Waals surface area contributed by atoms with Gasteiger partial charge < -0.3 is 10.1 Å². The molecule has 1 N–H and O–H groups in total. The quantitative estimate of drug-likeness (QED) is 0.775. The second kappa shape index (κ2) is 7.27. The number of nitrogens with one attached hydrogen (secondary N) is 1. The lowest BCUT2D eigenvalue weighted by Gasteiger charge is -2.10. The van der Waals surface area contributed by atoms with Gasteiger partial charge in [-0.3, -0.25) is 0 Å². The summed E-state index contributed by atoms with van der Waals surface area (Å²) in [5.74, 6) is 2.30. The van der Waals surface area contributed by atoms with E-state index in [1.807, 2.05) is 23.9 Å². The van der Waals surface area contributed by atoms with Crippen LogP contribution in [0.5, 0.6) is 5.75 Å². The maximum Gasteiger partial charge on any atom is 0.127 e. The lowest BCUT2D eigenvalue weighted by Crippen LogP contribution is -2.15. The van der Waals surface area contributed by atoms with Gasteiger partial charge in [-0.15, -0.1) is 0 Å². The van der Waals surface area contributed by atoms with Crippen LogP contribution >= 0.6 is 23.4 Å². The highest BCUT2D eigenvalue weighted by Crippen LogP contribution is 2.32. The van der Waals surface area contributed by atoms with Crippen molar-refractivity contribution in [1.29, 1.82) is 0 Å². The number of halogens is 1. The van der Waals surface area contributed by atoms with Crippen LogP contribution in [0.4, 0.5) is 0 Å². The fourth-order valence-electron chi connectivity index (χ4n) is 2.20. The SMILES string of the molecule is CSCCCCNCc1cc(Cl)cc2c1OCC2. The number of fused-ring (bicyclic) bond motifs is 1. The third-order valence-electron chi connectivity index (χ3n) is 3.09. The van der Waals surface area contributed by atoms with Crippen LogP contribution in [0.15, 0.2) is 12.1 Å². The van der Waals surface area contributed by atoms with Crippen LogP contribution in [0.25, 0.3) is 0 Å². The molecule has 0 fully saturated rings. The van der Waals surface area contributed by atoms with Gasteiger partial charge in [0.05, 0.1) is 6.61 Å². The smallest absolute Gasteiger partial charge is 0.127 e. The predicted molar refractivity (Wildman–Crippen MR) is 80.0 cm³/mol. The summed E-state index contributed by atoms with van der Waals surface area (Å²) in [6.45, 7) is 2.69. The molecule has 0 amide bonds. The summed E-state index contributed by atoms with van der Waals surface area (Å²) >= 11 is 8.03. The Hall–Kier alpha value is -0.380. The first kappa shape index (κ1) is 14.0. The molecule has 0 bridgehead atoms. The molecule has 0 aromatic heterocycles. The molecule has 2 rings (SSSR count). The van der Waals surface area contributed by atoms with E-state index < -0.39 is 0 Å². The minimum Gasteiger partial charge on any atom is -0.493 e. The maximum atomic E-state index is 6.12. The maximum absolute atomic E-state index is 6.12. The number of benzene rings is 1. The Kier molecular flexibility index (Phi) is 5.67. The van der Waals surface area contributed by atoms with Crippen molar-refractivity contribution >= 4 is 23.4 Å². The van der Waals surface area contributed by atoms with Crippen LogP contribution in [0.1, 0.15) is 24.0 Å². The van der Waals surface area contributed by atoms with E-state index in [4.69, 9.17) is 16.3 Å². The number of hydrogen-bond donors (Lipinski definition) is 1. The molecule has 2 nitrogen and oxygen atoms in total. The first-order chi connectivity index (χ1) is 8.81. The molecule has 0 atom stereocenters. The fourth-order valence-corrected chi connectivity index (χ4v) is 2.95. The zero-order valence-corrected chi connectivity index (χ0v) is 12.4. The van der Waals surface area contributed by atoms with Gasteiger partial charge in [0.25, 0.3) is 0 Å². The van der Waals surface area contributed by atoms with Crippen LogP contribution in [-0.2, 0) is 13.0 Å². The van der Waals surface area contributed by atoms with Crippen LogP contribution in [0, 0.1) is 0 Å². The zero-order valence-electron chi connectivity index (χ0n) is 10.8. The number of hydrogen-bond acceptors (Lipinski definition) is 3. The van der Waals surface area contributed by atoms with E-state index in [0.717, 1.165) is 36.9 Å². The van der Waals surface area contributed by atoms with Gasteiger partial charge in [-0.05, 0) is 49.1 Å². The molecule has 0 saturated heterocycles. The normalized spacial score (nSPS) is 13.4. The average molecular weight is 286 g/mol. The highest BCUT2D eigenvalue weighted by atomic mass is 35.5. The van der Waals surface area contributed by atoms with Gasteiger partial charge in [0.15, 0.2) is 0 Å². The monoisotopic (exact) mass is 285 g/mol. The second-order valence-electron chi connectivity index (χ2n) is 4.53. The summed E-state index contributed by atoms with van der Waals surface area (Å²) in [7, 11) is 0. The van der Waals surface area contributed by atoms with Crippen molar-refractivity contribution in [2.75, 3.05) is 25.2 Å². The molecule has 4 heteroatoms. The van der Waals surface area contributed by atoms with E-state index in [-0.39, 0.29) is 0 Å². The molecule has 1 aromatic rings. The number of unbranched alkanes of at least 4 members (excludes halogenated alkanes) is 1. The second-order valence-corrected chi connectivity index (χ2v) is 5.95. The molecule has 1 aliphatic heterocycles. The molecule has 100 valence electrons. The Balaban J connectivity index is 1.82. The van der Waals surface area contributed by atoms with Crippen LogP contribution in [-0.4, -0.2) is 25.2 Å². The van der Waals surface area contributed by atoms with Crippen LogP contribution in [0.2, 0.25) is 5.02 Å². The van der Waals surface area contributed by atoms with Crippen molar-refractivity contribution in [2.24, 2.45) is 0 Å². The first-order valence-electron chi connectivity index (χ1n) is 6.45. The molecule has 1 aromatic carbocycles. The topological polar surface area (TPSA) is 21.3 Å². The molecule has 1 aliphatic rings. The Morgan fingerprint density at radius 2 is 2.28 bits per heavy atom. The van der Waals surface area contributed by atoms with E-state index in [2.05, 4.69) is 11.6 Å². The molecule has 1 heterocycles. The summed E-state index contributed by atoms with van der Waals surface area (Å²) in [6.07, 6.45) is 5.64. The summed E-state index contributed by atoms with van der Waals surface area (Å²) < 4.78 is 5.68. The first-order valence-corrected chi connectivity index (χ1v) is 8.22. The number of thioether (sulfide) groups is 1. The van der Waals surface area contributed by atoms with Crippen molar-refractivity contribution in [2.45, 2.75) is 25.8 Å². The molecule has 0 saturated carbocycles. The molecular formula is C14H20ClNOS. The zero-order chi connectivity index (χ0) is 12.8. The largest absolute Gasteiger partial charge is 0.493 e. The molecular weight excluding hydrogens is 266 g/mol. The highest BCUT2D eigenvalue weighted by molar-refractivity contribution is 7.98. The minimum absolute atomic E-state index is 0.788. The van der Waals surface area contributed by atoms with Crippen molar-refractivity contribution in [1.82, 2.24) is 5.32 Å². The minimum atomic E-state index is 0.788. The van der Waals surface area contributed by atoms with E-state index in [0.29, 0.717) is 0 Å². The molecule has 0 radical (unpaired) electrons. The lowest BCUT2D eigenvalue weighted by molar-refractivity contribution is 0.352. The fraction of sp³-hybridized carbons (Fsp3) is 0.571. The molecule has 0 aliphatic carbocycles. The van der Waals surface area contributed by atoms with Gasteiger partial charge in [-0.25, -0.2) is 0 Å².